The number of nitrogens with zero attached hydrogens (tertiary/aromatic N) is 1. The van der Waals surface area contributed by atoms with Crippen LogP contribution in [0.1, 0.15) is 117 Å². The first-order valence-electron chi connectivity index (χ1n) is 23.3. The van der Waals surface area contributed by atoms with Crippen molar-refractivity contribution in [2.75, 3.05) is 4.90 Å². The van der Waals surface area contributed by atoms with Gasteiger partial charge >= 0.3 is 0 Å². The Bertz CT molecular complexity index is 3160. The van der Waals surface area contributed by atoms with Crippen LogP contribution in [-0.2, 0) is 21.7 Å². The highest BCUT2D eigenvalue weighted by Crippen LogP contribution is 2.64. The van der Waals surface area contributed by atoms with E-state index in [1.807, 2.05) is 0 Å². The molecule has 0 atom stereocenters. The molecule has 3 aliphatic carbocycles. The molecule has 0 unspecified atom stereocenters. The van der Waals surface area contributed by atoms with E-state index in [9.17, 15) is 0 Å². The number of fused-ring (bicyclic) bond motifs is 13. The molecular formula is C63H59N. The van der Waals surface area contributed by atoms with Crippen LogP contribution < -0.4 is 4.90 Å². The number of hydrogen-bond donors (Lipinski definition) is 0. The van der Waals surface area contributed by atoms with Crippen molar-refractivity contribution in [1.82, 2.24) is 0 Å². The van der Waals surface area contributed by atoms with Crippen LogP contribution in [0.4, 0.5) is 17.1 Å². The molecule has 1 spiro atoms. The molecule has 316 valence electrons. The Morgan fingerprint density at radius 1 is 0.375 bits per heavy atom. The number of hydrogen-bond acceptors (Lipinski definition) is 1. The molecule has 0 bridgehead atoms. The molecule has 0 heterocycles. The lowest BCUT2D eigenvalue weighted by atomic mass is 9.68. The summed E-state index contributed by atoms with van der Waals surface area (Å²) in [6.07, 6.45) is 0. The van der Waals surface area contributed by atoms with Crippen molar-refractivity contribution in [3.63, 3.8) is 0 Å². The Morgan fingerprint density at radius 2 is 0.781 bits per heavy atom. The van der Waals surface area contributed by atoms with Crippen molar-refractivity contribution in [2.24, 2.45) is 0 Å². The van der Waals surface area contributed by atoms with Gasteiger partial charge in [0.1, 0.15) is 0 Å². The normalized spacial score (nSPS) is 14.7. The van der Waals surface area contributed by atoms with E-state index in [2.05, 4.69) is 239 Å². The van der Waals surface area contributed by atoms with Gasteiger partial charge in [-0.3, -0.25) is 0 Å². The zero-order valence-corrected chi connectivity index (χ0v) is 39.5. The van der Waals surface area contributed by atoms with Gasteiger partial charge in [-0.2, -0.15) is 0 Å². The Kier molecular flexibility index (Phi) is 8.69. The van der Waals surface area contributed by atoms with Gasteiger partial charge in [-0.25, -0.2) is 0 Å². The molecule has 3 aliphatic rings. The first kappa shape index (κ1) is 40.3. The van der Waals surface area contributed by atoms with Crippen LogP contribution in [0, 0.1) is 20.8 Å². The molecule has 0 aliphatic heterocycles. The maximum atomic E-state index is 2.57. The van der Waals surface area contributed by atoms with E-state index in [0.29, 0.717) is 0 Å². The molecule has 64 heavy (non-hydrogen) atoms. The predicted molar refractivity (Wildman–Crippen MR) is 272 cm³/mol. The zero-order chi connectivity index (χ0) is 44.7. The van der Waals surface area contributed by atoms with E-state index in [1.54, 1.807) is 0 Å². The van der Waals surface area contributed by atoms with Gasteiger partial charge in [-0.15, -0.1) is 0 Å². The van der Waals surface area contributed by atoms with E-state index in [1.165, 1.54) is 111 Å². The summed E-state index contributed by atoms with van der Waals surface area (Å²) in [5.74, 6) is 0. The molecule has 8 aromatic carbocycles. The molecule has 0 radical (unpaired) electrons. The summed E-state index contributed by atoms with van der Waals surface area (Å²) in [6, 6.07) is 61.3. The summed E-state index contributed by atoms with van der Waals surface area (Å²) in [6.45, 7) is 25.6. The minimum atomic E-state index is -0.508. The van der Waals surface area contributed by atoms with Gasteiger partial charge in [-0.1, -0.05) is 188 Å². The van der Waals surface area contributed by atoms with Crippen molar-refractivity contribution in [1.29, 1.82) is 0 Å². The maximum absolute atomic E-state index is 2.57. The smallest absolute Gasteiger partial charge is 0.0726 e. The molecule has 0 fully saturated rings. The minimum Gasteiger partial charge on any atom is -0.310 e. The third kappa shape index (κ3) is 5.69. The van der Waals surface area contributed by atoms with Gasteiger partial charge < -0.3 is 4.90 Å². The molecule has 0 aromatic heterocycles. The fourth-order valence-electron chi connectivity index (χ4n) is 12.0. The van der Waals surface area contributed by atoms with Gasteiger partial charge in [0.15, 0.2) is 0 Å². The summed E-state index contributed by atoms with van der Waals surface area (Å²) < 4.78 is 0. The van der Waals surface area contributed by atoms with Crippen molar-refractivity contribution < 1.29 is 0 Å². The van der Waals surface area contributed by atoms with E-state index in [4.69, 9.17) is 0 Å². The van der Waals surface area contributed by atoms with Gasteiger partial charge in [0.05, 0.1) is 11.1 Å². The van der Waals surface area contributed by atoms with Crippen LogP contribution in [0.15, 0.2) is 158 Å². The molecule has 8 aromatic rings. The molecule has 0 saturated carbocycles. The average Bonchev–Trinajstić information content (AvgIpc) is 3.81. The molecule has 0 saturated heterocycles. The standard InChI is InChI=1S/C63H59N/c1-38-32-39(2)59(40(3)33-38)51-20-14-17-23-58(51)64(43-26-30-47-45-18-12-15-21-52(45)62(10,11)54(47)36-43)44-27-31-50-46-19-13-16-22-53(46)63(57(50)37-44)55-34-41(60(4,5)6)24-28-48(55)49-29-25-42(35-56(49)63)61(7,8)9/h12-37H,1-11H3. The molecule has 1 nitrogen and oxygen atoms in total. The van der Waals surface area contributed by atoms with Crippen molar-refractivity contribution >= 4 is 17.1 Å². The highest BCUT2D eigenvalue weighted by Gasteiger charge is 2.52. The quantitative estimate of drug-likeness (QED) is 0.171. The molecular weight excluding hydrogens is 771 g/mol. The van der Waals surface area contributed by atoms with Crippen LogP contribution in [0.25, 0.3) is 44.5 Å². The van der Waals surface area contributed by atoms with E-state index < -0.39 is 5.41 Å². The number of anilines is 3. The summed E-state index contributed by atoms with van der Waals surface area (Å²) in [5, 5.41) is 0. The summed E-state index contributed by atoms with van der Waals surface area (Å²) in [5.41, 5.74) is 28.2. The van der Waals surface area contributed by atoms with Crippen LogP contribution >= 0.6 is 0 Å². The number of benzene rings is 8. The van der Waals surface area contributed by atoms with Crippen LogP contribution in [0.5, 0.6) is 0 Å². The molecule has 11 rings (SSSR count). The zero-order valence-electron chi connectivity index (χ0n) is 39.5. The third-order valence-electron chi connectivity index (χ3n) is 15.1. The summed E-state index contributed by atoms with van der Waals surface area (Å²) >= 11 is 0. The minimum absolute atomic E-state index is 0.0158. The summed E-state index contributed by atoms with van der Waals surface area (Å²) in [4.78, 5) is 2.57. The second kappa shape index (κ2) is 13.8. The van der Waals surface area contributed by atoms with Gasteiger partial charge in [0, 0.05) is 22.4 Å². The molecule has 0 N–H and O–H groups in total. The monoisotopic (exact) mass is 829 g/mol. The average molecular weight is 830 g/mol. The van der Waals surface area contributed by atoms with Crippen LogP contribution in [0.3, 0.4) is 0 Å². The topological polar surface area (TPSA) is 3.24 Å². The Balaban J connectivity index is 1.23. The van der Waals surface area contributed by atoms with Gasteiger partial charge in [0.25, 0.3) is 0 Å². The van der Waals surface area contributed by atoms with Gasteiger partial charge in [-0.05, 0) is 157 Å². The third-order valence-corrected chi connectivity index (χ3v) is 15.1. The fourth-order valence-corrected chi connectivity index (χ4v) is 12.0. The van der Waals surface area contributed by atoms with Crippen molar-refractivity contribution in [3.8, 4) is 44.5 Å². The first-order chi connectivity index (χ1) is 30.5. The number of aryl methyl sites for hydroxylation is 3. The first-order valence-corrected chi connectivity index (χ1v) is 23.3. The lowest BCUT2D eigenvalue weighted by molar-refractivity contribution is 0.586. The fraction of sp³-hybridized carbons (Fsp3) is 0.238. The lowest BCUT2D eigenvalue weighted by Gasteiger charge is -2.34. The predicted octanol–water partition coefficient (Wildman–Crippen LogP) is 17.0. The second-order valence-corrected chi connectivity index (χ2v) is 21.6. The largest absolute Gasteiger partial charge is 0.310 e. The van der Waals surface area contributed by atoms with Crippen molar-refractivity contribution in [2.45, 2.75) is 97.8 Å². The maximum Gasteiger partial charge on any atom is 0.0726 e. The lowest BCUT2D eigenvalue weighted by Crippen LogP contribution is -2.27. The van der Waals surface area contributed by atoms with E-state index in [-0.39, 0.29) is 16.2 Å². The van der Waals surface area contributed by atoms with Crippen LogP contribution in [-0.4, -0.2) is 0 Å². The highest BCUT2D eigenvalue weighted by molar-refractivity contribution is 5.98. The second-order valence-electron chi connectivity index (χ2n) is 21.6. The SMILES string of the molecule is Cc1cc(C)c(-c2ccccc2N(c2ccc3c(c2)C(C)(C)c2ccccc2-3)c2ccc3c(c2)C2(c4ccccc4-3)c3cc(C(C)(C)C)ccc3-c3ccc(C(C)(C)C)cc32)c(C)c1. The van der Waals surface area contributed by atoms with E-state index in [0.717, 1.165) is 11.4 Å². The van der Waals surface area contributed by atoms with Crippen LogP contribution in [0.2, 0.25) is 0 Å². The Hall–Kier alpha value is -6.44. The van der Waals surface area contributed by atoms with Gasteiger partial charge in [0.2, 0.25) is 0 Å². The highest BCUT2D eigenvalue weighted by atomic mass is 15.1. The van der Waals surface area contributed by atoms with Crippen molar-refractivity contribution in [3.05, 3.63) is 219 Å². The summed E-state index contributed by atoms with van der Waals surface area (Å²) in [7, 11) is 0. The van der Waals surface area contributed by atoms with E-state index >= 15 is 0 Å². The molecule has 0 amide bonds. The Labute approximate surface area is 381 Å². The number of para-hydroxylation sites is 1. The Morgan fingerprint density at radius 3 is 1.33 bits per heavy atom. The number of rotatable bonds is 4. The molecule has 1 heteroatoms.